The Labute approximate surface area is 222 Å². The van der Waals surface area contributed by atoms with Gasteiger partial charge >= 0.3 is 0 Å². The van der Waals surface area contributed by atoms with Crippen LogP contribution in [0.25, 0.3) is 10.9 Å². The zero-order chi connectivity index (χ0) is 27.8. The van der Waals surface area contributed by atoms with Crippen LogP contribution in [0, 0.1) is 19.8 Å². The minimum Gasteiger partial charge on any atom is -0.496 e. The van der Waals surface area contributed by atoms with Crippen molar-refractivity contribution in [3.05, 3.63) is 63.2 Å². The third-order valence-corrected chi connectivity index (χ3v) is 7.70. The number of rotatable bonds is 7. The quantitative estimate of drug-likeness (QED) is 0.440. The molecule has 4 rings (SSSR count). The normalized spacial score (nSPS) is 15.5. The predicted molar refractivity (Wildman–Crippen MR) is 147 cm³/mol. The lowest BCUT2D eigenvalue weighted by Crippen LogP contribution is -2.49. The van der Waals surface area contributed by atoms with Crippen LogP contribution in [0.5, 0.6) is 5.75 Å². The molecule has 0 aliphatic carbocycles. The Hall–Kier alpha value is -3.59. The van der Waals surface area contributed by atoms with Crippen molar-refractivity contribution in [3.8, 4) is 5.75 Å². The van der Waals surface area contributed by atoms with E-state index in [0.717, 1.165) is 29.4 Å². The van der Waals surface area contributed by atoms with Gasteiger partial charge in [-0.25, -0.2) is 0 Å². The zero-order valence-corrected chi connectivity index (χ0v) is 23.1. The molecule has 0 saturated carbocycles. The Bertz CT molecular complexity index is 1410. The molecule has 3 heterocycles. The number of pyridine rings is 1. The van der Waals surface area contributed by atoms with E-state index in [0.29, 0.717) is 41.6 Å². The molecule has 2 aromatic heterocycles. The number of para-hydroxylation sites is 1. The van der Waals surface area contributed by atoms with Gasteiger partial charge in [-0.05, 0) is 65.5 Å². The second kappa shape index (κ2) is 10.6. The summed E-state index contributed by atoms with van der Waals surface area (Å²) in [5.74, 6) is 0.252. The first-order valence-corrected chi connectivity index (χ1v) is 13.1. The van der Waals surface area contributed by atoms with Crippen LogP contribution < -0.4 is 15.6 Å². The number of H-pyrrole nitrogens is 1. The summed E-state index contributed by atoms with van der Waals surface area (Å²) < 4.78 is 7.59. The number of aliphatic hydroxyl groups is 1. The summed E-state index contributed by atoms with van der Waals surface area (Å²) in [5.41, 5.74) is 1.81. The van der Waals surface area contributed by atoms with E-state index in [4.69, 9.17) is 4.74 Å². The highest BCUT2D eigenvalue weighted by Gasteiger charge is 2.34. The average Bonchev–Trinajstić information content (AvgIpc) is 3.17. The van der Waals surface area contributed by atoms with Crippen LogP contribution in [0.15, 0.2) is 35.1 Å². The maximum absolute atomic E-state index is 13.5. The molecule has 9 heteroatoms. The molecule has 1 aromatic carbocycles. The zero-order valence-electron chi connectivity index (χ0n) is 23.1. The number of piperidine rings is 1. The van der Waals surface area contributed by atoms with Crippen molar-refractivity contribution in [2.24, 2.45) is 5.92 Å². The fraction of sp³-hybridized carbons (Fsp3) is 0.483. The van der Waals surface area contributed by atoms with Gasteiger partial charge in [0.25, 0.3) is 17.4 Å². The van der Waals surface area contributed by atoms with Gasteiger partial charge in [-0.2, -0.15) is 0 Å². The van der Waals surface area contributed by atoms with Gasteiger partial charge in [-0.1, -0.05) is 18.2 Å². The van der Waals surface area contributed by atoms with E-state index in [1.807, 2.05) is 31.2 Å². The number of likely N-dealkylation sites (tertiary alicyclic amines) is 1. The average molecular weight is 523 g/mol. The molecule has 9 nitrogen and oxygen atoms in total. The van der Waals surface area contributed by atoms with E-state index >= 15 is 0 Å². The summed E-state index contributed by atoms with van der Waals surface area (Å²) >= 11 is 0. The second-order valence-electron chi connectivity index (χ2n) is 10.8. The van der Waals surface area contributed by atoms with Crippen LogP contribution in [0.2, 0.25) is 0 Å². The van der Waals surface area contributed by atoms with E-state index in [9.17, 15) is 19.5 Å². The Morgan fingerprint density at radius 1 is 1.21 bits per heavy atom. The lowest BCUT2D eigenvalue weighted by atomic mass is 9.89. The highest BCUT2D eigenvalue weighted by atomic mass is 16.5. The summed E-state index contributed by atoms with van der Waals surface area (Å²) in [6, 6.07) is 9.69. The maximum Gasteiger partial charge on any atom is 0.256 e. The SMILES string of the molecule is COc1cc(C)[nH]c(=O)c1CNC(=O)c1c(C)n([C@@H](C)C2CCN(C(=O)C(C)(C)O)CC2)c2ccccc12. The Balaban J connectivity index is 1.58. The molecular weight excluding hydrogens is 484 g/mol. The summed E-state index contributed by atoms with van der Waals surface area (Å²) in [7, 11) is 1.50. The lowest BCUT2D eigenvalue weighted by Gasteiger charge is -2.38. The van der Waals surface area contributed by atoms with Gasteiger partial charge < -0.3 is 29.6 Å². The van der Waals surface area contributed by atoms with Gasteiger partial charge in [-0.3, -0.25) is 14.4 Å². The number of fused-ring (bicyclic) bond motifs is 1. The summed E-state index contributed by atoms with van der Waals surface area (Å²) in [4.78, 5) is 43.0. The van der Waals surface area contributed by atoms with Crippen LogP contribution in [0.3, 0.4) is 0 Å². The third kappa shape index (κ3) is 5.20. The molecule has 0 spiro atoms. The molecule has 0 bridgehead atoms. The Morgan fingerprint density at radius 2 is 1.87 bits per heavy atom. The highest BCUT2D eigenvalue weighted by Crippen LogP contribution is 2.36. The number of aromatic nitrogens is 2. The molecule has 38 heavy (non-hydrogen) atoms. The smallest absolute Gasteiger partial charge is 0.256 e. The molecule has 0 radical (unpaired) electrons. The number of aromatic amines is 1. The first-order valence-electron chi connectivity index (χ1n) is 13.1. The van der Waals surface area contributed by atoms with Crippen LogP contribution in [-0.2, 0) is 11.3 Å². The molecule has 1 atom stereocenters. The number of hydrogen-bond donors (Lipinski definition) is 3. The standard InChI is InChI=1S/C29H38N4O5/c1-17-15-24(38-6)22(26(34)31-17)16-30-27(35)25-19(3)33(23-10-8-7-9-21(23)25)18(2)20-11-13-32(14-12-20)28(36)29(4,5)37/h7-10,15,18,20,37H,11-14,16H2,1-6H3,(H,30,35)(H,31,34)/t18-/m0/s1. The van der Waals surface area contributed by atoms with E-state index < -0.39 is 5.60 Å². The highest BCUT2D eigenvalue weighted by molar-refractivity contribution is 6.08. The van der Waals surface area contributed by atoms with E-state index in [2.05, 4.69) is 21.8 Å². The van der Waals surface area contributed by atoms with Crippen molar-refractivity contribution in [2.75, 3.05) is 20.2 Å². The molecule has 0 unspecified atom stereocenters. The van der Waals surface area contributed by atoms with Gasteiger partial charge in [0, 0.05) is 41.4 Å². The van der Waals surface area contributed by atoms with Gasteiger partial charge in [0.1, 0.15) is 11.4 Å². The van der Waals surface area contributed by atoms with Gasteiger partial charge in [0.15, 0.2) is 0 Å². The van der Waals surface area contributed by atoms with Crippen molar-refractivity contribution in [1.82, 2.24) is 19.8 Å². The number of carbonyl (C=O) groups excluding carboxylic acids is 2. The van der Waals surface area contributed by atoms with Crippen molar-refractivity contribution in [2.45, 2.75) is 65.6 Å². The van der Waals surface area contributed by atoms with Gasteiger partial charge in [-0.15, -0.1) is 0 Å². The number of hydrogen-bond acceptors (Lipinski definition) is 5. The van der Waals surface area contributed by atoms with E-state index in [1.54, 1.807) is 17.9 Å². The van der Waals surface area contributed by atoms with Crippen molar-refractivity contribution >= 4 is 22.7 Å². The molecule has 3 aromatic rings. The number of aryl methyl sites for hydroxylation is 1. The number of methoxy groups -OCH3 is 1. The number of carbonyl (C=O) groups is 2. The number of benzene rings is 1. The minimum absolute atomic E-state index is 0.0415. The molecule has 1 aliphatic rings. The maximum atomic E-state index is 13.5. The summed E-state index contributed by atoms with van der Waals surface area (Å²) in [6.07, 6.45) is 1.62. The number of nitrogens with zero attached hydrogens (tertiary/aromatic N) is 2. The Kier molecular flexibility index (Phi) is 7.69. The first-order chi connectivity index (χ1) is 17.9. The summed E-state index contributed by atoms with van der Waals surface area (Å²) in [5, 5.41) is 13.9. The van der Waals surface area contributed by atoms with Crippen LogP contribution in [0.4, 0.5) is 0 Å². The van der Waals surface area contributed by atoms with Crippen molar-refractivity contribution in [3.63, 3.8) is 0 Å². The molecule has 204 valence electrons. The number of nitrogens with one attached hydrogen (secondary N) is 2. The molecule has 1 fully saturated rings. The molecule has 1 saturated heterocycles. The lowest BCUT2D eigenvalue weighted by molar-refractivity contribution is -0.149. The number of amides is 2. The number of ether oxygens (including phenoxy) is 1. The largest absolute Gasteiger partial charge is 0.496 e. The summed E-state index contributed by atoms with van der Waals surface area (Å²) in [6.45, 7) is 10.2. The van der Waals surface area contributed by atoms with Crippen molar-refractivity contribution < 1.29 is 19.4 Å². The Morgan fingerprint density at radius 3 is 2.50 bits per heavy atom. The van der Waals surface area contributed by atoms with Crippen molar-refractivity contribution in [1.29, 1.82) is 0 Å². The topological polar surface area (TPSA) is 117 Å². The third-order valence-electron chi connectivity index (χ3n) is 7.70. The van der Waals surface area contributed by atoms with Crippen LogP contribution in [-0.4, -0.2) is 57.2 Å². The van der Waals surface area contributed by atoms with Gasteiger partial charge in [0.05, 0.1) is 24.8 Å². The molecule has 2 amide bonds. The molecular formula is C29H38N4O5. The predicted octanol–water partition coefficient (Wildman–Crippen LogP) is 3.46. The molecule has 1 aliphatic heterocycles. The fourth-order valence-corrected chi connectivity index (χ4v) is 5.68. The monoisotopic (exact) mass is 522 g/mol. The van der Waals surface area contributed by atoms with Gasteiger partial charge in [0.2, 0.25) is 0 Å². The molecule has 3 N–H and O–H groups in total. The minimum atomic E-state index is -1.37. The van der Waals surface area contributed by atoms with E-state index in [1.165, 1.54) is 21.0 Å². The second-order valence-corrected chi connectivity index (χ2v) is 10.8. The fourth-order valence-electron chi connectivity index (χ4n) is 5.68. The van der Waals surface area contributed by atoms with Crippen LogP contribution in [0.1, 0.15) is 67.0 Å². The first kappa shape index (κ1) is 27.4. The van der Waals surface area contributed by atoms with E-state index in [-0.39, 0.29) is 30.0 Å². The van der Waals surface area contributed by atoms with Crippen LogP contribution >= 0.6 is 0 Å².